The lowest BCUT2D eigenvalue weighted by atomic mass is 9.82. The highest BCUT2D eigenvalue weighted by atomic mass is 32.2. The van der Waals surface area contributed by atoms with E-state index < -0.39 is 15.7 Å². The number of nitrogens with two attached hydrogens (primary N) is 1. The number of benzene rings is 2. The summed E-state index contributed by atoms with van der Waals surface area (Å²) < 4.78 is 22.8. The predicted octanol–water partition coefficient (Wildman–Crippen LogP) is 2.23. The van der Waals surface area contributed by atoms with E-state index in [9.17, 15) is 18.0 Å². The molecular weight excluding hydrogens is 452 g/mol. The standard InChI is InChI=1S/C25H30N4O4S/c1-18-11-14-25(15-12-18)28-23(20-5-3-2-4-6-20)24(31)29(25)17-22(30)27-16-13-19-7-9-21(10-8-19)34(26,32)33/h2-10,18H,11-17H2,1H3,(H,27,30)(H2,26,32,33). The Labute approximate surface area is 200 Å². The third-order valence-electron chi connectivity index (χ3n) is 6.68. The molecular formula is C25H30N4O4S. The van der Waals surface area contributed by atoms with Crippen LogP contribution < -0.4 is 10.5 Å². The van der Waals surface area contributed by atoms with Crippen LogP contribution in [0, 0.1) is 5.92 Å². The highest BCUT2D eigenvalue weighted by Crippen LogP contribution is 2.41. The van der Waals surface area contributed by atoms with Gasteiger partial charge in [-0.15, -0.1) is 0 Å². The summed E-state index contributed by atoms with van der Waals surface area (Å²) in [7, 11) is -3.73. The molecule has 1 heterocycles. The van der Waals surface area contributed by atoms with Crippen molar-refractivity contribution < 1.29 is 18.0 Å². The average molecular weight is 483 g/mol. The Kier molecular flexibility index (Phi) is 6.86. The highest BCUT2D eigenvalue weighted by molar-refractivity contribution is 7.89. The first-order chi connectivity index (χ1) is 16.2. The van der Waals surface area contributed by atoms with E-state index in [0.717, 1.165) is 36.8 Å². The van der Waals surface area contributed by atoms with Gasteiger partial charge in [0.2, 0.25) is 15.9 Å². The van der Waals surface area contributed by atoms with Crippen molar-refractivity contribution in [1.29, 1.82) is 0 Å². The molecule has 2 aromatic rings. The van der Waals surface area contributed by atoms with Gasteiger partial charge in [-0.3, -0.25) is 14.6 Å². The second kappa shape index (κ2) is 9.68. The SMILES string of the molecule is CC1CCC2(CC1)N=C(c1ccccc1)C(=O)N2CC(=O)NCCc1ccc(S(N)(=O)=O)cc1. The quantitative estimate of drug-likeness (QED) is 0.628. The fourth-order valence-corrected chi connectivity index (χ4v) is 5.15. The van der Waals surface area contributed by atoms with Crippen molar-refractivity contribution in [3.05, 3.63) is 65.7 Å². The van der Waals surface area contributed by atoms with Gasteiger partial charge in [-0.1, -0.05) is 49.4 Å². The summed E-state index contributed by atoms with van der Waals surface area (Å²) in [5.74, 6) is 0.138. The Morgan fingerprint density at radius 1 is 1.12 bits per heavy atom. The summed E-state index contributed by atoms with van der Waals surface area (Å²) in [6.45, 7) is 2.53. The lowest BCUT2D eigenvalue weighted by Gasteiger charge is -2.40. The van der Waals surface area contributed by atoms with E-state index in [2.05, 4.69) is 12.2 Å². The molecule has 3 N–H and O–H groups in total. The van der Waals surface area contributed by atoms with Crippen molar-refractivity contribution in [2.24, 2.45) is 16.0 Å². The van der Waals surface area contributed by atoms with Crippen molar-refractivity contribution in [2.45, 2.75) is 49.6 Å². The molecule has 1 spiro atoms. The van der Waals surface area contributed by atoms with Gasteiger partial charge in [-0.05, 0) is 55.7 Å². The third kappa shape index (κ3) is 5.20. The normalized spacial score (nSPS) is 22.6. The molecule has 0 atom stereocenters. The van der Waals surface area contributed by atoms with Gasteiger partial charge < -0.3 is 10.2 Å². The van der Waals surface area contributed by atoms with Gasteiger partial charge in [0.1, 0.15) is 17.9 Å². The van der Waals surface area contributed by atoms with Crippen LogP contribution in [0.2, 0.25) is 0 Å². The molecule has 9 heteroatoms. The Balaban J connectivity index is 1.41. The maximum atomic E-state index is 13.4. The molecule has 0 bridgehead atoms. The van der Waals surface area contributed by atoms with E-state index >= 15 is 0 Å². The van der Waals surface area contributed by atoms with Crippen LogP contribution >= 0.6 is 0 Å². The summed E-state index contributed by atoms with van der Waals surface area (Å²) in [6.07, 6.45) is 3.95. The number of hydrogen-bond donors (Lipinski definition) is 2. The average Bonchev–Trinajstić information content (AvgIpc) is 3.08. The molecule has 8 nitrogen and oxygen atoms in total. The van der Waals surface area contributed by atoms with E-state index in [1.54, 1.807) is 17.0 Å². The third-order valence-corrected chi connectivity index (χ3v) is 7.61. The summed E-state index contributed by atoms with van der Waals surface area (Å²) in [4.78, 5) is 32.8. The predicted molar refractivity (Wildman–Crippen MR) is 130 cm³/mol. The van der Waals surface area contributed by atoms with Crippen LogP contribution in [0.5, 0.6) is 0 Å². The van der Waals surface area contributed by atoms with Crippen LogP contribution in [-0.2, 0) is 26.0 Å². The highest BCUT2D eigenvalue weighted by Gasteiger charge is 2.49. The number of primary sulfonamides is 1. The van der Waals surface area contributed by atoms with E-state index in [1.165, 1.54) is 12.1 Å². The Morgan fingerprint density at radius 2 is 1.76 bits per heavy atom. The zero-order valence-corrected chi connectivity index (χ0v) is 20.1. The number of amides is 2. The molecule has 34 heavy (non-hydrogen) atoms. The zero-order chi connectivity index (χ0) is 24.3. The molecule has 2 amide bonds. The summed E-state index contributed by atoms with van der Waals surface area (Å²) in [6, 6.07) is 15.7. The van der Waals surface area contributed by atoms with Gasteiger partial charge in [0.05, 0.1) is 4.90 Å². The van der Waals surface area contributed by atoms with Crippen molar-refractivity contribution in [2.75, 3.05) is 13.1 Å². The van der Waals surface area contributed by atoms with Gasteiger partial charge >= 0.3 is 0 Å². The molecule has 1 saturated carbocycles. The summed E-state index contributed by atoms with van der Waals surface area (Å²) in [5.41, 5.74) is 1.42. The maximum absolute atomic E-state index is 13.4. The van der Waals surface area contributed by atoms with Crippen molar-refractivity contribution in [1.82, 2.24) is 10.2 Å². The number of rotatable bonds is 7. The minimum atomic E-state index is -3.73. The van der Waals surface area contributed by atoms with Gasteiger partial charge in [-0.25, -0.2) is 13.6 Å². The van der Waals surface area contributed by atoms with Crippen LogP contribution in [0.3, 0.4) is 0 Å². The summed E-state index contributed by atoms with van der Waals surface area (Å²) in [5, 5.41) is 8.00. The van der Waals surface area contributed by atoms with Gasteiger partial charge in [0, 0.05) is 12.1 Å². The van der Waals surface area contributed by atoms with Crippen LogP contribution in [0.15, 0.2) is 64.5 Å². The largest absolute Gasteiger partial charge is 0.354 e. The van der Waals surface area contributed by atoms with Gasteiger partial charge in [0.15, 0.2) is 0 Å². The van der Waals surface area contributed by atoms with Crippen molar-refractivity contribution in [3.8, 4) is 0 Å². The zero-order valence-electron chi connectivity index (χ0n) is 19.2. The first-order valence-electron chi connectivity index (χ1n) is 11.5. The first-order valence-corrected chi connectivity index (χ1v) is 13.1. The number of carbonyl (C=O) groups excluding carboxylic acids is 2. The van der Waals surface area contributed by atoms with Crippen molar-refractivity contribution >= 4 is 27.5 Å². The lowest BCUT2D eigenvalue weighted by molar-refractivity contribution is -0.136. The molecule has 1 fully saturated rings. The van der Waals surface area contributed by atoms with Gasteiger partial charge in [0.25, 0.3) is 5.91 Å². The molecule has 2 aromatic carbocycles. The molecule has 0 aromatic heterocycles. The number of nitrogens with zero attached hydrogens (tertiary/aromatic N) is 2. The molecule has 1 aliphatic heterocycles. The van der Waals surface area contributed by atoms with E-state index in [1.807, 2.05) is 30.3 Å². The number of hydrogen-bond acceptors (Lipinski definition) is 5. The van der Waals surface area contributed by atoms with Crippen LogP contribution in [-0.4, -0.2) is 49.6 Å². The number of aliphatic imine (C=N–C) groups is 1. The van der Waals surface area contributed by atoms with E-state index in [4.69, 9.17) is 10.1 Å². The first kappa shape index (κ1) is 24.1. The van der Waals surface area contributed by atoms with E-state index in [-0.39, 0.29) is 23.3 Å². The molecule has 0 unspecified atom stereocenters. The smallest absolute Gasteiger partial charge is 0.275 e. The number of nitrogens with one attached hydrogen (secondary N) is 1. The molecule has 2 aliphatic rings. The fourth-order valence-electron chi connectivity index (χ4n) is 4.63. The molecule has 0 saturated heterocycles. The van der Waals surface area contributed by atoms with Crippen LogP contribution in [0.1, 0.15) is 43.7 Å². The minimum absolute atomic E-state index is 0.0442. The van der Waals surface area contributed by atoms with Crippen molar-refractivity contribution in [3.63, 3.8) is 0 Å². The van der Waals surface area contributed by atoms with Gasteiger partial charge in [-0.2, -0.15) is 0 Å². The second-order valence-corrected chi connectivity index (χ2v) is 10.7. The van der Waals surface area contributed by atoms with Crippen LogP contribution in [0.4, 0.5) is 0 Å². The second-order valence-electron chi connectivity index (χ2n) is 9.17. The number of carbonyl (C=O) groups is 2. The van der Waals surface area contributed by atoms with E-state index in [0.29, 0.717) is 24.6 Å². The monoisotopic (exact) mass is 482 g/mol. The molecule has 180 valence electrons. The fraction of sp³-hybridized carbons (Fsp3) is 0.400. The minimum Gasteiger partial charge on any atom is -0.354 e. The molecule has 0 radical (unpaired) electrons. The molecule has 1 aliphatic carbocycles. The Bertz CT molecular complexity index is 1190. The maximum Gasteiger partial charge on any atom is 0.275 e. The number of sulfonamides is 1. The Morgan fingerprint density at radius 3 is 2.38 bits per heavy atom. The Hall–Kier alpha value is -3.04. The topological polar surface area (TPSA) is 122 Å². The van der Waals surface area contributed by atoms with Crippen LogP contribution in [0.25, 0.3) is 0 Å². The lowest BCUT2D eigenvalue weighted by Crippen LogP contribution is -2.52. The molecule has 4 rings (SSSR count). The summed E-state index contributed by atoms with van der Waals surface area (Å²) >= 11 is 0.